The van der Waals surface area contributed by atoms with Crippen LogP contribution in [0.4, 0.5) is 10.1 Å². The number of halogens is 1. The van der Waals surface area contributed by atoms with Gasteiger partial charge in [0.2, 0.25) is 11.8 Å². The van der Waals surface area contributed by atoms with Crippen LogP contribution in [0.25, 0.3) is 0 Å². The minimum Gasteiger partial charge on any atom is -0.381 e. The van der Waals surface area contributed by atoms with E-state index in [1.807, 2.05) is 6.07 Å². The molecule has 0 unspecified atom stereocenters. The molecule has 7 heteroatoms. The van der Waals surface area contributed by atoms with Crippen LogP contribution in [-0.2, 0) is 22.7 Å². The number of carbonyl (C=O) groups is 3. The zero-order valence-electron chi connectivity index (χ0n) is 16.3. The maximum absolute atomic E-state index is 13.8. The summed E-state index contributed by atoms with van der Waals surface area (Å²) in [6.45, 7) is 2.15. The highest BCUT2D eigenvalue weighted by Gasteiger charge is 2.39. The number of fused-ring (bicyclic) bond motifs is 1. The monoisotopic (exact) mass is 382 g/mol. The number of hydrogen-bond acceptors (Lipinski definition) is 4. The first-order chi connectivity index (χ1) is 13.8. The lowest BCUT2D eigenvalue weighted by atomic mass is 10.0. The van der Waals surface area contributed by atoms with Gasteiger partial charge in [-0.2, -0.15) is 0 Å². The van der Waals surface area contributed by atoms with Gasteiger partial charge in [-0.15, -0.1) is 0 Å². The van der Waals surface area contributed by atoms with E-state index in [4.69, 9.17) is 1.37 Å². The molecule has 0 bridgehead atoms. The number of aryl methyl sites for hydroxylation is 1. The molecule has 1 saturated heterocycles. The van der Waals surface area contributed by atoms with Gasteiger partial charge in [-0.1, -0.05) is 18.2 Å². The Balaban J connectivity index is 1.57. The fourth-order valence-electron chi connectivity index (χ4n) is 3.52. The number of imide groups is 1. The molecule has 2 heterocycles. The highest BCUT2D eigenvalue weighted by Crippen LogP contribution is 2.32. The summed E-state index contributed by atoms with van der Waals surface area (Å²) in [5, 5.41) is 5.38. The van der Waals surface area contributed by atoms with Gasteiger partial charge >= 0.3 is 0 Å². The molecule has 0 radical (unpaired) electrons. The molecule has 1 fully saturated rings. The van der Waals surface area contributed by atoms with Crippen LogP contribution in [0.2, 0.25) is 0 Å². The molecule has 0 aromatic heterocycles. The zero-order valence-corrected chi connectivity index (χ0v) is 15.3. The van der Waals surface area contributed by atoms with Crippen LogP contribution in [0.3, 0.4) is 0 Å². The standard InChI is InChI=1S/C21H20FN3O3/c1-12-5-6-13(9-16(12)22)10-23-17-4-2-3-14-15(17)11-25(21(14)28)18-7-8-19(26)24-20(18)27/h2-6,9,18,23H,7-8,10-11H2,1H3,(H,24,26,27)/t18-/m0/s1/i18D. The highest BCUT2D eigenvalue weighted by molar-refractivity contribution is 6.06. The first kappa shape index (κ1) is 16.9. The Hall–Kier alpha value is -3.22. The Labute approximate surface area is 163 Å². The molecule has 6 nitrogen and oxygen atoms in total. The van der Waals surface area contributed by atoms with E-state index >= 15 is 0 Å². The third-order valence-electron chi connectivity index (χ3n) is 5.12. The molecule has 2 aliphatic heterocycles. The van der Waals surface area contributed by atoms with E-state index in [-0.39, 0.29) is 25.2 Å². The average molecular weight is 382 g/mol. The van der Waals surface area contributed by atoms with Gasteiger partial charge in [0.05, 0.1) is 1.37 Å². The van der Waals surface area contributed by atoms with Gasteiger partial charge in [0.1, 0.15) is 11.8 Å². The minimum atomic E-state index is -1.82. The van der Waals surface area contributed by atoms with Gasteiger partial charge in [-0.3, -0.25) is 19.7 Å². The summed E-state index contributed by atoms with van der Waals surface area (Å²) >= 11 is 0. The third-order valence-corrected chi connectivity index (χ3v) is 5.12. The molecule has 0 aliphatic carbocycles. The van der Waals surface area contributed by atoms with Crippen LogP contribution in [0, 0.1) is 12.7 Å². The molecule has 1 atom stereocenters. The fourth-order valence-corrected chi connectivity index (χ4v) is 3.52. The first-order valence-electron chi connectivity index (χ1n) is 9.56. The van der Waals surface area contributed by atoms with E-state index < -0.39 is 23.7 Å². The highest BCUT2D eigenvalue weighted by atomic mass is 19.1. The molecular formula is C21H20FN3O3. The maximum atomic E-state index is 13.8. The van der Waals surface area contributed by atoms with Crippen molar-refractivity contribution in [3.63, 3.8) is 0 Å². The van der Waals surface area contributed by atoms with Crippen molar-refractivity contribution in [3.8, 4) is 0 Å². The summed E-state index contributed by atoms with van der Waals surface area (Å²) in [6, 6.07) is 8.37. The fraction of sp³-hybridized carbons (Fsp3) is 0.286. The summed E-state index contributed by atoms with van der Waals surface area (Å²) in [5.41, 5.74) is 3.12. The van der Waals surface area contributed by atoms with E-state index in [9.17, 15) is 18.8 Å². The zero-order chi connectivity index (χ0) is 20.8. The van der Waals surface area contributed by atoms with Crippen LogP contribution in [0.5, 0.6) is 0 Å². The molecule has 28 heavy (non-hydrogen) atoms. The second-order valence-corrected chi connectivity index (χ2v) is 6.98. The van der Waals surface area contributed by atoms with Crippen LogP contribution in [-0.4, -0.2) is 28.6 Å². The van der Waals surface area contributed by atoms with Crippen molar-refractivity contribution in [2.45, 2.75) is 38.9 Å². The third kappa shape index (κ3) is 3.24. The average Bonchev–Trinajstić information content (AvgIpc) is 3.04. The van der Waals surface area contributed by atoms with Crippen molar-refractivity contribution < 1.29 is 20.1 Å². The lowest BCUT2D eigenvalue weighted by Crippen LogP contribution is -2.52. The van der Waals surface area contributed by atoms with E-state index in [0.29, 0.717) is 28.9 Å². The van der Waals surface area contributed by atoms with Crippen molar-refractivity contribution in [1.82, 2.24) is 10.2 Å². The largest absolute Gasteiger partial charge is 0.381 e. The summed E-state index contributed by atoms with van der Waals surface area (Å²) in [7, 11) is 0. The first-order valence-corrected chi connectivity index (χ1v) is 9.06. The summed E-state index contributed by atoms with van der Waals surface area (Å²) < 4.78 is 22.3. The number of benzene rings is 2. The topological polar surface area (TPSA) is 78.5 Å². The molecule has 2 N–H and O–H groups in total. The molecule has 3 amide bonds. The number of anilines is 1. The molecular weight excluding hydrogens is 361 g/mol. The molecule has 0 spiro atoms. The van der Waals surface area contributed by atoms with E-state index in [0.717, 1.165) is 5.56 Å². The summed E-state index contributed by atoms with van der Waals surface area (Å²) in [5.74, 6) is -1.91. The molecule has 144 valence electrons. The predicted molar refractivity (Wildman–Crippen MR) is 101 cm³/mol. The van der Waals surface area contributed by atoms with Gasteiger partial charge in [0.15, 0.2) is 0 Å². The molecule has 0 saturated carbocycles. The van der Waals surface area contributed by atoms with Crippen LogP contribution >= 0.6 is 0 Å². The van der Waals surface area contributed by atoms with Crippen molar-refractivity contribution in [1.29, 1.82) is 0 Å². The second kappa shape index (κ2) is 7.07. The number of piperidine rings is 1. The summed E-state index contributed by atoms with van der Waals surface area (Å²) in [4.78, 5) is 37.8. The normalized spacial score (nSPS) is 22.0. The Kier molecular flexibility index (Phi) is 4.27. The number of rotatable bonds is 4. The van der Waals surface area contributed by atoms with Crippen LogP contribution in [0.1, 0.15) is 41.3 Å². The van der Waals surface area contributed by atoms with Crippen molar-refractivity contribution in [3.05, 3.63) is 64.5 Å². The van der Waals surface area contributed by atoms with Crippen LogP contribution in [0.15, 0.2) is 36.4 Å². The van der Waals surface area contributed by atoms with Crippen LogP contribution < -0.4 is 10.6 Å². The minimum absolute atomic E-state index is 0.0134. The Bertz CT molecular complexity index is 1040. The van der Waals surface area contributed by atoms with E-state index in [1.54, 1.807) is 31.2 Å². The van der Waals surface area contributed by atoms with E-state index in [2.05, 4.69) is 10.6 Å². The summed E-state index contributed by atoms with van der Waals surface area (Å²) in [6.07, 6.45) is -0.0255. The Morgan fingerprint density at radius 3 is 2.86 bits per heavy atom. The quantitative estimate of drug-likeness (QED) is 0.797. The SMILES string of the molecule is [2H][C@]1(N2Cc3c(NCc4ccc(C)c(F)c4)cccc3C2=O)CCC(=O)NC1=O. The van der Waals surface area contributed by atoms with Crippen molar-refractivity contribution in [2.75, 3.05) is 5.32 Å². The molecule has 2 aromatic rings. The molecule has 2 aromatic carbocycles. The Morgan fingerprint density at radius 1 is 1.29 bits per heavy atom. The Morgan fingerprint density at radius 2 is 2.11 bits per heavy atom. The number of amides is 3. The van der Waals surface area contributed by atoms with Crippen molar-refractivity contribution >= 4 is 23.4 Å². The second-order valence-electron chi connectivity index (χ2n) is 6.98. The number of hydrogen-bond donors (Lipinski definition) is 2. The molecule has 4 rings (SSSR count). The number of nitrogens with one attached hydrogen (secondary N) is 2. The molecule has 2 aliphatic rings. The van der Waals surface area contributed by atoms with Crippen molar-refractivity contribution in [2.24, 2.45) is 0 Å². The van der Waals surface area contributed by atoms with E-state index in [1.165, 1.54) is 11.0 Å². The van der Waals surface area contributed by atoms with Gasteiger partial charge < -0.3 is 10.2 Å². The smallest absolute Gasteiger partial charge is 0.255 e. The number of nitrogens with zero attached hydrogens (tertiary/aromatic N) is 1. The van der Waals surface area contributed by atoms with Gasteiger partial charge in [-0.25, -0.2) is 4.39 Å². The predicted octanol–water partition coefficient (Wildman–Crippen LogP) is 2.51. The lowest BCUT2D eigenvalue weighted by molar-refractivity contribution is -0.136. The van der Waals surface area contributed by atoms with Gasteiger partial charge in [0.25, 0.3) is 5.91 Å². The maximum Gasteiger partial charge on any atom is 0.255 e. The van der Waals surface area contributed by atoms with Gasteiger partial charge in [0, 0.05) is 36.3 Å². The lowest BCUT2D eigenvalue weighted by Gasteiger charge is -2.29. The van der Waals surface area contributed by atoms with Gasteiger partial charge in [-0.05, 0) is 42.7 Å². The number of carbonyl (C=O) groups excluding carboxylic acids is 3.